The monoisotopic (exact) mass is 538 g/mol. The molecule has 0 amide bonds. The summed E-state index contributed by atoms with van der Waals surface area (Å²) >= 11 is 6.15. The molecular formula is C30H35ClN2O3S. The van der Waals surface area contributed by atoms with Gasteiger partial charge in [-0.05, 0) is 73.6 Å². The van der Waals surface area contributed by atoms with Gasteiger partial charge in [-0.3, -0.25) is 9.21 Å². The number of piperidine rings is 1. The number of anilines is 1. The van der Waals surface area contributed by atoms with Crippen LogP contribution in [0.25, 0.3) is 0 Å². The Morgan fingerprint density at radius 1 is 0.865 bits per heavy atom. The molecule has 2 atom stereocenters. The molecule has 0 bridgehead atoms. The van der Waals surface area contributed by atoms with Crippen LogP contribution in [0, 0.1) is 0 Å². The minimum Gasteiger partial charge on any atom is -0.497 e. The van der Waals surface area contributed by atoms with Gasteiger partial charge in [0.1, 0.15) is 5.75 Å². The lowest BCUT2D eigenvalue weighted by Crippen LogP contribution is -2.51. The van der Waals surface area contributed by atoms with Crippen LogP contribution >= 0.6 is 11.6 Å². The van der Waals surface area contributed by atoms with Crippen LogP contribution in [-0.4, -0.2) is 45.6 Å². The van der Waals surface area contributed by atoms with Crippen LogP contribution in [0.4, 0.5) is 5.69 Å². The normalized spacial score (nSPS) is 21.5. The molecule has 5 rings (SSSR count). The number of rotatable bonds is 7. The number of likely N-dealkylation sites (tertiary alicyclic amines) is 1. The standard InChI is InChI=1S/C30H35ClN2O3S/c1-36-27-10-7-11-28(22-27)37(34,35)33(25-16-14-24(31)15-17-25)26-18-20-32(21-19-26)30-13-6-5-12-29(30)23-8-3-2-4-9-23/h2-4,7-11,14-17,22,26,29-30H,5-6,12-13,18-21H2,1H3/t29-,30-/m1/s1. The number of methoxy groups -OCH3 is 1. The van der Waals surface area contributed by atoms with Crippen molar-refractivity contribution in [2.75, 3.05) is 24.5 Å². The Bertz CT molecular complexity index is 1280. The third-order valence-electron chi connectivity index (χ3n) is 7.94. The summed E-state index contributed by atoms with van der Waals surface area (Å²) in [5.74, 6) is 1.07. The topological polar surface area (TPSA) is 49.9 Å². The van der Waals surface area contributed by atoms with E-state index in [1.54, 1.807) is 59.9 Å². The lowest BCUT2D eigenvalue weighted by molar-refractivity contribution is 0.107. The van der Waals surface area contributed by atoms with Crippen molar-refractivity contribution in [2.24, 2.45) is 0 Å². The summed E-state index contributed by atoms with van der Waals surface area (Å²) in [7, 11) is -2.26. The molecule has 3 aromatic carbocycles. The third-order valence-corrected chi connectivity index (χ3v) is 10.1. The first kappa shape index (κ1) is 26.1. The van der Waals surface area contributed by atoms with E-state index in [0.717, 1.165) is 25.9 Å². The number of sulfonamides is 1. The van der Waals surface area contributed by atoms with Gasteiger partial charge in [0.2, 0.25) is 0 Å². The molecule has 1 heterocycles. The van der Waals surface area contributed by atoms with Crippen LogP contribution in [-0.2, 0) is 10.0 Å². The van der Waals surface area contributed by atoms with E-state index in [1.165, 1.54) is 31.2 Å². The van der Waals surface area contributed by atoms with Crippen molar-refractivity contribution in [1.82, 2.24) is 4.90 Å². The van der Waals surface area contributed by atoms with Crippen molar-refractivity contribution < 1.29 is 13.2 Å². The lowest BCUT2D eigenvalue weighted by atomic mass is 9.78. The Labute approximate surface area is 226 Å². The van der Waals surface area contributed by atoms with Crippen molar-refractivity contribution in [3.63, 3.8) is 0 Å². The second kappa shape index (κ2) is 11.5. The number of ether oxygens (including phenoxy) is 1. The highest BCUT2D eigenvalue weighted by molar-refractivity contribution is 7.92. The Morgan fingerprint density at radius 2 is 1.57 bits per heavy atom. The molecule has 0 N–H and O–H groups in total. The zero-order valence-corrected chi connectivity index (χ0v) is 22.9. The van der Waals surface area contributed by atoms with Crippen LogP contribution in [0.5, 0.6) is 5.75 Å². The molecule has 37 heavy (non-hydrogen) atoms. The molecule has 196 valence electrons. The maximum absolute atomic E-state index is 14.0. The minimum absolute atomic E-state index is 0.132. The van der Waals surface area contributed by atoms with Crippen molar-refractivity contribution in [3.05, 3.63) is 89.4 Å². The fourth-order valence-corrected chi connectivity index (χ4v) is 7.97. The van der Waals surface area contributed by atoms with Gasteiger partial charge in [-0.1, -0.05) is 60.8 Å². The van der Waals surface area contributed by atoms with Gasteiger partial charge in [0.25, 0.3) is 10.0 Å². The highest BCUT2D eigenvalue weighted by atomic mass is 35.5. The molecule has 2 fully saturated rings. The molecule has 0 spiro atoms. The van der Waals surface area contributed by atoms with E-state index >= 15 is 0 Å². The number of hydrogen-bond donors (Lipinski definition) is 0. The largest absolute Gasteiger partial charge is 0.497 e. The summed E-state index contributed by atoms with van der Waals surface area (Å²) < 4.78 is 35.0. The second-order valence-electron chi connectivity index (χ2n) is 10.1. The quantitative estimate of drug-likeness (QED) is 0.334. The van der Waals surface area contributed by atoms with Gasteiger partial charge in [-0.25, -0.2) is 8.42 Å². The second-order valence-corrected chi connectivity index (χ2v) is 12.3. The van der Waals surface area contributed by atoms with Crippen LogP contribution in [0.2, 0.25) is 5.02 Å². The van der Waals surface area contributed by atoms with E-state index < -0.39 is 10.0 Å². The van der Waals surface area contributed by atoms with Gasteiger partial charge in [0, 0.05) is 36.3 Å². The average molecular weight is 539 g/mol. The number of hydrogen-bond acceptors (Lipinski definition) is 4. The Kier molecular flexibility index (Phi) is 8.08. The van der Waals surface area contributed by atoms with Crippen molar-refractivity contribution in [2.45, 2.75) is 61.4 Å². The first-order valence-corrected chi connectivity index (χ1v) is 15.0. The lowest BCUT2D eigenvalue weighted by Gasteiger charge is -2.45. The van der Waals surface area contributed by atoms with E-state index in [9.17, 15) is 8.42 Å². The highest BCUT2D eigenvalue weighted by Crippen LogP contribution is 2.39. The molecular weight excluding hydrogens is 504 g/mol. The zero-order valence-electron chi connectivity index (χ0n) is 21.3. The van der Waals surface area contributed by atoms with E-state index in [1.807, 2.05) is 0 Å². The smallest absolute Gasteiger partial charge is 0.264 e. The van der Waals surface area contributed by atoms with Gasteiger partial charge < -0.3 is 4.74 Å². The van der Waals surface area contributed by atoms with Gasteiger partial charge in [-0.15, -0.1) is 0 Å². The molecule has 7 heteroatoms. The van der Waals surface area contributed by atoms with Gasteiger partial charge in [0.05, 0.1) is 17.7 Å². The number of benzene rings is 3. The molecule has 1 saturated carbocycles. The molecule has 2 aliphatic rings. The third kappa shape index (κ3) is 5.66. The summed E-state index contributed by atoms with van der Waals surface area (Å²) in [6, 6.07) is 25.1. The minimum atomic E-state index is -3.80. The van der Waals surface area contributed by atoms with E-state index in [0.29, 0.717) is 28.4 Å². The molecule has 1 saturated heterocycles. The van der Waals surface area contributed by atoms with E-state index in [-0.39, 0.29) is 10.9 Å². The Hall–Kier alpha value is -2.54. The Morgan fingerprint density at radius 3 is 2.27 bits per heavy atom. The van der Waals surface area contributed by atoms with Gasteiger partial charge >= 0.3 is 0 Å². The van der Waals surface area contributed by atoms with Crippen molar-refractivity contribution >= 4 is 27.3 Å². The Balaban J connectivity index is 1.40. The van der Waals surface area contributed by atoms with Crippen molar-refractivity contribution in [3.8, 4) is 5.75 Å². The maximum atomic E-state index is 14.0. The molecule has 1 aliphatic carbocycles. The summed E-state index contributed by atoms with van der Waals surface area (Å²) in [6.45, 7) is 1.77. The average Bonchev–Trinajstić information content (AvgIpc) is 2.95. The zero-order chi connectivity index (χ0) is 25.8. The number of halogens is 1. The maximum Gasteiger partial charge on any atom is 0.264 e. The molecule has 0 unspecified atom stereocenters. The van der Waals surface area contributed by atoms with Crippen LogP contribution < -0.4 is 9.04 Å². The molecule has 3 aromatic rings. The molecule has 0 aromatic heterocycles. The van der Waals surface area contributed by atoms with Crippen LogP contribution in [0.1, 0.15) is 50.0 Å². The first-order chi connectivity index (χ1) is 18.0. The van der Waals surface area contributed by atoms with Crippen LogP contribution in [0.15, 0.2) is 83.8 Å². The van der Waals surface area contributed by atoms with Crippen molar-refractivity contribution in [1.29, 1.82) is 0 Å². The fourth-order valence-electron chi connectivity index (χ4n) is 6.10. The molecule has 1 aliphatic heterocycles. The predicted molar refractivity (Wildman–Crippen MR) is 150 cm³/mol. The fraction of sp³-hybridized carbons (Fsp3) is 0.400. The highest BCUT2D eigenvalue weighted by Gasteiger charge is 2.38. The summed E-state index contributed by atoms with van der Waals surface area (Å²) in [5.41, 5.74) is 2.07. The van der Waals surface area contributed by atoms with E-state index in [4.69, 9.17) is 16.3 Å². The summed E-state index contributed by atoms with van der Waals surface area (Å²) in [4.78, 5) is 2.85. The SMILES string of the molecule is COc1cccc(S(=O)(=O)N(c2ccc(Cl)cc2)C2CCN([C@@H]3CCCC[C@@H]3c3ccccc3)CC2)c1. The van der Waals surface area contributed by atoms with Crippen LogP contribution in [0.3, 0.4) is 0 Å². The first-order valence-electron chi connectivity index (χ1n) is 13.2. The van der Waals surface area contributed by atoms with E-state index in [2.05, 4.69) is 35.2 Å². The van der Waals surface area contributed by atoms with Gasteiger partial charge in [-0.2, -0.15) is 0 Å². The summed E-state index contributed by atoms with van der Waals surface area (Å²) in [5, 5.41) is 0.585. The molecule has 0 radical (unpaired) electrons. The predicted octanol–water partition coefficient (Wildman–Crippen LogP) is 6.73. The van der Waals surface area contributed by atoms with Gasteiger partial charge in [0.15, 0.2) is 0 Å². The number of nitrogens with zero attached hydrogens (tertiary/aromatic N) is 2. The molecule has 5 nitrogen and oxygen atoms in total. The summed E-state index contributed by atoms with van der Waals surface area (Å²) in [6.07, 6.45) is 6.52.